The number of benzene rings is 1. The van der Waals surface area contributed by atoms with Gasteiger partial charge in [0.15, 0.2) is 0 Å². The maximum absolute atomic E-state index is 2.33. The lowest BCUT2D eigenvalue weighted by molar-refractivity contribution is -1.03. The molecule has 3 heteroatoms. The first kappa shape index (κ1) is 15.0. The third-order valence-electron chi connectivity index (χ3n) is 6.47. The van der Waals surface area contributed by atoms with Gasteiger partial charge in [0.05, 0.1) is 6.04 Å². The van der Waals surface area contributed by atoms with Crippen LogP contribution >= 0.6 is 11.8 Å². The first-order chi connectivity index (χ1) is 10.8. The highest BCUT2D eigenvalue weighted by molar-refractivity contribution is 7.98. The molecule has 1 saturated heterocycles. The molecule has 0 radical (unpaired) electrons. The lowest BCUT2D eigenvalue weighted by Gasteiger charge is -2.36. The molecule has 1 aromatic rings. The highest BCUT2D eigenvalue weighted by atomic mass is 32.2. The third-order valence-corrected chi connectivity index (χ3v) is 7.22. The molecule has 1 aromatic carbocycles. The number of piperazine rings is 1. The molecule has 2 bridgehead atoms. The quantitative estimate of drug-likeness (QED) is 0.784. The minimum atomic E-state index is 1.03. The molecular formula is C19H30N2S+2. The van der Waals surface area contributed by atoms with Gasteiger partial charge in [-0.2, -0.15) is 0 Å². The van der Waals surface area contributed by atoms with Crippen molar-refractivity contribution < 1.29 is 9.80 Å². The van der Waals surface area contributed by atoms with Crippen LogP contribution < -0.4 is 9.80 Å². The largest absolute Gasteiger partial charge is 0.323 e. The van der Waals surface area contributed by atoms with Gasteiger partial charge in [0, 0.05) is 22.8 Å². The van der Waals surface area contributed by atoms with Crippen molar-refractivity contribution in [1.82, 2.24) is 0 Å². The Hall–Kier alpha value is -0.510. The second-order valence-electron chi connectivity index (χ2n) is 7.71. The molecule has 0 unspecified atom stereocenters. The molecule has 0 aromatic heterocycles. The smallest absolute Gasteiger partial charge is 0.127 e. The van der Waals surface area contributed by atoms with Crippen molar-refractivity contribution in [3.8, 4) is 0 Å². The summed E-state index contributed by atoms with van der Waals surface area (Å²) in [5, 5.41) is 0. The average molecular weight is 319 g/mol. The summed E-state index contributed by atoms with van der Waals surface area (Å²) in [7, 11) is 0. The zero-order chi connectivity index (χ0) is 14.9. The van der Waals surface area contributed by atoms with E-state index in [1.54, 1.807) is 17.7 Å². The minimum Gasteiger partial charge on any atom is -0.323 e. The average Bonchev–Trinajstić information content (AvgIpc) is 3.19. The molecule has 3 atom stereocenters. The van der Waals surface area contributed by atoms with Gasteiger partial charge in [-0.05, 0) is 43.6 Å². The van der Waals surface area contributed by atoms with Crippen LogP contribution in [0.5, 0.6) is 0 Å². The molecular weight excluding hydrogens is 288 g/mol. The topological polar surface area (TPSA) is 8.88 Å². The van der Waals surface area contributed by atoms with Gasteiger partial charge >= 0.3 is 0 Å². The summed E-state index contributed by atoms with van der Waals surface area (Å²) in [6.07, 6.45) is 8.34. The summed E-state index contributed by atoms with van der Waals surface area (Å²) in [6, 6.07) is 10.2. The fourth-order valence-electron chi connectivity index (χ4n) is 5.25. The van der Waals surface area contributed by atoms with E-state index in [2.05, 4.69) is 30.5 Å². The minimum absolute atomic E-state index is 1.03. The molecule has 120 valence electrons. The van der Waals surface area contributed by atoms with Gasteiger partial charge < -0.3 is 9.80 Å². The van der Waals surface area contributed by atoms with Gasteiger partial charge in [0.25, 0.3) is 0 Å². The molecule has 0 spiro atoms. The van der Waals surface area contributed by atoms with Crippen LogP contribution in [0.25, 0.3) is 0 Å². The molecule has 1 heterocycles. The molecule has 2 N–H and O–H groups in total. The predicted molar refractivity (Wildman–Crippen MR) is 92.6 cm³/mol. The van der Waals surface area contributed by atoms with Gasteiger partial charge in [-0.25, -0.2) is 0 Å². The Morgan fingerprint density at radius 3 is 2.36 bits per heavy atom. The van der Waals surface area contributed by atoms with Gasteiger partial charge in [0.1, 0.15) is 32.7 Å². The van der Waals surface area contributed by atoms with Crippen molar-refractivity contribution in [2.45, 2.75) is 43.2 Å². The Bertz CT molecular complexity index is 493. The fourth-order valence-corrected chi connectivity index (χ4v) is 5.66. The third kappa shape index (κ3) is 3.08. The maximum atomic E-state index is 2.33. The molecule has 3 aliphatic rings. The maximum Gasteiger partial charge on any atom is 0.127 e. The van der Waals surface area contributed by atoms with Crippen LogP contribution in [-0.4, -0.2) is 38.5 Å². The van der Waals surface area contributed by atoms with Crippen molar-refractivity contribution >= 4 is 11.8 Å². The van der Waals surface area contributed by atoms with Crippen LogP contribution in [0.3, 0.4) is 0 Å². The van der Waals surface area contributed by atoms with Crippen molar-refractivity contribution in [1.29, 1.82) is 0 Å². The van der Waals surface area contributed by atoms with Gasteiger partial charge in [-0.3, -0.25) is 0 Å². The normalized spacial score (nSPS) is 37.6. The van der Waals surface area contributed by atoms with Gasteiger partial charge in [-0.15, -0.1) is 11.8 Å². The predicted octanol–water partition coefficient (Wildman–Crippen LogP) is 0.881. The van der Waals surface area contributed by atoms with Crippen molar-refractivity contribution in [3.63, 3.8) is 0 Å². The van der Waals surface area contributed by atoms with Crippen molar-refractivity contribution in [3.05, 3.63) is 29.8 Å². The number of hydrogen-bond acceptors (Lipinski definition) is 1. The van der Waals surface area contributed by atoms with E-state index in [9.17, 15) is 0 Å². The summed E-state index contributed by atoms with van der Waals surface area (Å²) < 4.78 is 0. The molecule has 22 heavy (non-hydrogen) atoms. The Balaban J connectivity index is 1.28. The number of fused-ring (bicyclic) bond motifs is 2. The number of thioether (sulfide) groups is 1. The standard InChI is InChI=1S/C19H28N2S/c1-22-18-6-3-15(4-7-18)14-20-8-10-21(11-9-20)19-13-16-2-5-17(19)12-16/h3-4,6-7,16-17,19H,2,5,8-14H2,1H3/p+2/t16-,17+,19-/m0/s1. The fraction of sp³-hybridized carbons (Fsp3) is 0.684. The number of nitrogens with one attached hydrogen (secondary N) is 2. The lowest BCUT2D eigenvalue weighted by Crippen LogP contribution is -3.29. The van der Waals surface area contributed by atoms with Crippen LogP contribution in [0, 0.1) is 11.8 Å². The molecule has 0 amide bonds. The van der Waals surface area contributed by atoms with E-state index in [0.717, 1.165) is 17.9 Å². The van der Waals surface area contributed by atoms with Crippen molar-refractivity contribution in [2.75, 3.05) is 32.4 Å². The van der Waals surface area contributed by atoms with E-state index in [1.807, 2.05) is 16.7 Å². The van der Waals surface area contributed by atoms with Crippen LogP contribution in [0.4, 0.5) is 0 Å². The van der Waals surface area contributed by atoms with E-state index < -0.39 is 0 Å². The molecule has 2 nitrogen and oxygen atoms in total. The molecule has 3 fully saturated rings. The number of hydrogen-bond donors (Lipinski definition) is 2. The van der Waals surface area contributed by atoms with Crippen LogP contribution in [0.2, 0.25) is 0 Å². The Morgan fingerprint density at radius 1 is 1.00 bits per heavy atom. The van der Waals surface area contributed by atoms with Crippen LogP contribution in [-0.2, 0) is 6.54 Å². The number of rotatable bonds is 4. The van der Waals surface area contributed by atoms with Gasteiger partial charge in [-0.1, -0.05) is 12.1 Å². The molecule has 2 saturated carbocycles. The Labute approximate surface area is 139 Å². The summed E-state index contributed by atoms with van der Waals surface area (Å²) in [5.41, 5.74) is 1.51. The molecule has 1 aliphatic heterocycles. The van der Waals surface area contributed by atoms with E-state index in [4.69, 9.17) is 0 Å². The summed E-state index contributed by atoms with van der Waals surface area (Å²) in [5.74, 6) is 2.18. The van der Waals surface area contributed by atoms with E-state index in [0.29, 0.717) is 0 Å². The number of quaternary nitrogens is 2. The second kappa shape index (κ2) is 6.54. The second-order valence-corrected chi connectivity index (χ2v) is 8.59. The van der Waals surface area contributed by atoms with Crippen molar-refractivity contribution in [2.24, 2.45) is 11.8 Å². The highest BCUT2D eigenvalue weighted by Gasteiger charge is 2.45. The Morgan fingerprint density at radius 2 is 1.77 bits per heavy atom. The summed E-state index contributed by atoms with van der Waals surface area (Å²) >= 11 is 1.83. The summed E-state index contributed by atoms with van der Waals surface area (Å²) in [4.78, 5) is 5.13. The highest BCUT2D eigenvalue weighted by Crippen LogP contribution is 2.43. The monoisotopic (exact) mass is 318 g/mol. The van der Waals surface area contributed by atoms with E-state index in [1.165, 1.54) is 56.0 Å². The van der Waals surface area contributed by atoms with E-state index in [-0.39, 0.29) is 0 Å². The molecule has 4 rings (SSSR count). The zero-order valence-electron chi connectivity index (χ0n) is 13.8. The Kier molecular flexibility index (Phi) is 4.47. The van der Waals surface area contributed by atoms with Gasteiger partial charge in [0.2, 0.25) is 0 Å². The first-order valence-corrected chi connectivity index (χ1v) is 10.4. The first-order valence-electron chi connectivity index (χ1n) is 9.13. The van der Waals surface area contributed by atoms with Crippen LogP contribution in [0.15, 0.2) is 29.2 Å². The van der Waals surface area contributed by atoms with E-state index >= 15 is 0 Å². The lowest BCUT2D eigenvalue weighted by atomic mass is 9.93. The molecule has 2 aliphatic carbocycles. The summed E-state index contributed by atoms with van der Waals surface area (Å²) in [6.45, 7) is 6.78. The SMILES string of the molecule is CSc1ccc(C[NH+]2CC[NH+]([C@H]3C[C@H]4CC[C@@H]3C4)CC2)cc1. The van der Waals surface area contributed by atoms with Crippen LogP contribution in [0.1, 0.15) is 31.2 Å². The zero-order valence-corrected chi connectivity index (χ0v) is 14.6.